The van der Waals surface area contributed by atoms with Crippen LogP contribution in [0.25, 0.3) is 0 Å². The average molecular weight is 470 g/mol. The highest BCUT2D eigenvalue weighted by atomic mass is 19.4. The summed E-state index contributed by atoms with van der Waals surface area (Å²) in [6, 6.07) is 4.12. The standard InChI is InChI=1S/C19H28N6O.C2HF3O2/c1-16-4-5-17(22-21-16)25-10-11-26-15-19(14-25)6-3-8-24(13-19)12-18-20-7-9-23(18)2;3-2(4,5)1(6)7/h4-5,7,9H,3,6,8,10-15H2,1-2H3;(H,6,7). The number of anilines is 1. The van der Waals surface area contributed by atoms with Crippen LogP contribution in [0.15, 0.2) is 24.5 Å². The molecule has 1 spiro atoms. The third-order valence-electron chi connectivity index (χ3n) is 5.82. The number of nitrogens with zero attached hydrogens (tertiary/aromatic N) is 6. The first-order valence-electron chi connectivity index (χ1n) is 10.7. The van der Waals surface area contributed by atoms with Crippen LogP contribution in [0, 0.1) is 12.3 Å². The Kier molecular flexibility index (Phi) is 7.90. The van der Waals surface area contributed by atoms with E-state index in [4.69, 9.17) is 14.6 Å². The van der Waals surface area contributed by atoms with E-state index in [0.717, 1.165) is 63.3 Å². The molecule has 0 radical (unpaired) electrons. The van der Waals surface area contributed by atoms with E-state index in [2.05, 4.69) is 42.7 Å². The molecule has 2 saturated heterocycles. The Morgan fingerprint density at radius 1 is 1.24 bits per heavy atom. The van der Waals surface area contributed by atoms with Crippen LogP contribution >= 0.6 is 0 Å². The Morgan fingerprint density at radius 3 is 2.61 bits per heavy atom. The fourth-order valence-corrected chi connectivity index (χ4v) is 4.19. The molecule has 2 aliphatic rings. The van der Waals surface area contributed by atoms with Crippen LogP contribution in [0.1, 0.15) is 24.4 Å². The van der Waals surface area contributed by atoms with E-state index in [1.54, 1.807) is 0 Å². The summed E-state index contributed by atoms with van der Waals surface area (Å²) in [6.45, 7) is 8.45. The molecule has 1 atom stereocenters. The van der Waals surface area contributed by atoms with Gasteiger partial charge in [0.1, 0.15) is 5.82 Å². The van der Waals surface area contributed by atoms with Gasteiger partial charge in [0.2, 0.25) is 0 Å². The molecule has 2 aliphatic heterocycles. The van der Waals surface area contributed by atoms with E-state index in [-0.39, 0.29) is 5.41 Å². The molecule has 4 heterocycles. The summed E-state index contributed by atoms with van der Waals surface area (Å²) in [5.74, 6) is -0.674. The number of halogens is 3. The highest BCUT2D eigenvalue weighted by Gasteiger charge is 2.40. The zero-order valence-corrected chi connectivity index (χ0v) is 18.8. The van der Waals surface area contributed by atoms with Crippen molar-refractivity contribution in [1.29, 1.82) is 0 Å². The predicted octanol–water partition coefficient (Wildman–Crippen LogP) is 2.27. The average Bonchev–Trinajstić information content (AvgIpc) is 3.04. The van der Waals surface area contributed by atoms with Crippen LogP contribution in [0.3, 0.4) is 0 Å². The minimum absolute atomic E-state index is 0.145. The highest BCUT2D eigenvalue weighted by molar-refractivity contribution is 5.73. The van der Waals surface area contributed by atoms with Gasteiger partial charge in [-0.1, -0.05) is 0 Å². The third kappa shape index (κ3) is 6.87. The van der Waals surface area contributed by atoms with Crippen LogP contribution in [-0.4, -0.2) is 81.3 Å². The monoisotopic (exact) mass is 470 g/mol. The summed E-state index contributed by atoms with van der Waals surface area (Å²) in [4.78, 5) is 18.3. The largest absolute Gasteiger partial charge is 0.490 e. The Hall–Kier alpha value is -2.73. The van der Waals surface area contributed by atoms with Crippen molar-refractivity contribution in [2.24, 2.45) is 12.5 Å². The fourth-order valence-electron chi connectivity index (χ4n) is 4.19. The number of hydrogen-bond donors (Lipinski definition) is 1. The molecule has 12 heteroatoms. The molecule has 0 amide bonds. The van der Waals surface area contributed by atoms with E-state index in [1.165, 1.54) is 12.8 Å². The molecule has 182 valence electrons. The van der Waals surface area contributed by atoms with Gasteiger partial charge in [-0.3, -0.25) is 4.90 Å². The summed E-state index contributed by atoms with van der Waals surface area (Å²) < 4.78 is 39.9. The molecule has 2 aromatic rings. The van der Waals surface area contributed by atoms with Crippen LogP contribution < -0.4 is 4.90 Å². The third-order valence-corrected chi connectivity index (χ3v) is 5.82. The van der Waals surface area contributed by atoms with E-state index in [1.807, 2.05) is 25.4 Å². The summed E-state index contributed by atoms with van der Waals surface area (Å²) in [5, 5.41) is 15.8. The summed E-state index contributed by atoms with van der Waals surface area (Å²) in [5.41, 5.74) is 1.10. The molecular weight excluding hydrogens is 441 g/mol. The molecule has 4 rings (SSSR count). The summed E-state index contributed by atoms with van der Waals surface area (Å²) in [7, 11) is 2.06. The van der Waals surface area contributed by atoms with Gasteiger partial charge in [-0.05, 0) is 38.4 Å². The smallest absolute Gasteiger partial charge is 0.475 e. The zero-order chi connectivity index (χ0) is 24.1. The van der Waals surface area contributed by atoms with Gasteiger partial charge < -0.3 is 19.3 Å². The normalized spacial score (nSPS) is 21.9. The molecule has 2 aromatic heterocycles. The number of hydrogen-bond acceptors (Lipinski definition) is 7. The van der Waals surface area contributed by atoms with E-state index < -0.39 is 12.1 Å². The second-order valence-electron chi connectivity index (χ2n) is 8.58. The Labute approximate surface area is 190 Å². The van der Waals surface area contributed by atoms with E-state index in [9.17, 15) is 13.2 Å². The number of carbonyl (C=O) groups is 1. The second kappa shape index (κ2) is 10.5. The van der Waals surface area contributed by atoms with Crippen molar-refractivity contribution < 1.29 is 27.8 Å². The van der Waals surface area contributed by atoms with Crippen molar-refractivity contribution in [3.8, 4) is 0 Å². The topological polar surface area (TPSA) is 96.6 Å². The number of piperidine rings is 1. The molecule has 0 bridgehead atoms. The maximum Gasteiger partial charge on any atom is 0.490 e. The summed E-state index contributed by atoms with van der Waals surface area (Å²) >= 11 is 0. The molecular formula is C21H29F3N6O3. The predicted molar refractivity (Wildman–Crippen MR) is 114 cm³/mol. The van der Waals surface area contributed by atoms with Crippen LogP contribution in [0.2, 0.25) is 0 Å². The molecule has 2 fully saturated rings. The first-order valence-corrected chi connectivity index (χ1v) is 10.7. The lowest BCUT2D eigenvalue weighted by molar-refractivity contribution is -0.192. The number of rotatable bonds is 3. The van der Waals surface area contributed by atoms with Gasteiger partial charge in [0.25, 0.3) is 0 Å². The SMILES string of the molecule is Cc1ccc(N2CCOCC3(CCCN(Cc4nccn4C)C3)C2)nn1.O=C(O)C(F)(F)F. The molecule has 33 heavy (non-hydrogen) atoms. The fraction of sp³-hybridized carbons (Fsp3) is 0.619. The number of likely N-dealkylation sites (tertiary alicyclic amines) is 1. The molecule has 0 aliphatic carbocycles. The van der Waals surface area contributed by atoms with Gasteiger partial charge in [0.15, 0.2) is 5.82 Å². The van der Waals surface area contributed by atoms with Crippen molar-refractivity contribution in [1.82, 2.24) is 24.6 Å². The van der Waals surface area contributed by atoms with E-state index in [0.29, 0.717) is 0 Å². The van der Waals surface area contributed by atoms with Gasteiger partial charge in [0, 0.05) is 44.5 Å². The maximum absolute atomic E-state index is 10.6. The van der Waals surface area contributed by atoms with Gasteiger partial charge in [-0.2, -0.15) is 18.3 Å². The number of aryl methyl sites for hydroxylation is 2. The van der Waals surface area contributed by atoms with Crippen LogP contribution in [0.4, 0.5) is 19.0 Å². The summed E-state index contributed by atoms with van der Waals surface area (Å²) in [6.07, 6.45) is 1.20. The quantitative estimate of drug-likeness (QED) is 0.730. The number of alkyl halides is 3. The lowest BCUT2D eigenvalue weighted by atomic mass is 9.80. The molecule has 9 nitrogen and oxygen atoms in total. The lowest BCUT2D eigenvalue weighted by Gasteiger charge is -2.43. The zero-order valence-electron chi connectivity index (χ0n) is 18.8. The van der Waals surface area contributed by atoms with Crippen molar-refractivity contribution in [3.63, 3.8) is 0 Å². The number of carboxylic acid groups (broad SMARTS) is 1. The first kappa shape index (κ1) is 24.9. The number of aliphatic carboxylic acids is 1. The Balaban J connectivity index is 0.000000383. The molecule has 1 unspecified atom stereocenters. The maximum atomic E-state index is 10.6. The van der Waals surface area contributed by atoms with Crippen LogP contribution in [-0.2, 0) is 23.1 Å². The second-order valence-corrected chi connectivity index (χ2v) is 8.58. The number of carboxylic acids is 1. The van der Waals surface area contributed by atoms with Crippen molar-refractivity contribution in [2.75, 3.05) is 44.3 Å². The lowest BCUT2D eigenvalue weighted by Crippen LogP contribution is -2.50. The molecule has 0 saturated carbocycles. The highest BCUT2D eigenvalue weighted by Crippen LogP contribution is 2.34. The van der Waals surface area contributed by atoms with E-state index >= 15 is 0 Å². The Bertz CT molecular complexity index is 921. The number of imidazole rings is 1. The van der Waals surface area contributed by atoms with Gasteiger partial charge in [-0.25, -0.2) is 9.78 Å². The van der Waals surface area contributed by atoms with Crippen molar-refractivity contribution in [2.45, 2.75) is 32.5 Å². The number of ether oxygens (including phenoxy) is 1. The molecule has 1 N–H and O–H groups in total. The van der Waals surface area contributed by atoms with Gasteiger partial charge >= 0.3 is 12.1 Å². The van der Waals surface area contributed by atoms with Crippen molar-refractivity contribution >= 4 is 11.8 Å². The molecule has 0 aromatic carbocycles. The minimum atomic E-state index is -5.08. The first-order chi connectivity index (χ1) is 15.6. The number of aromatic nitrogens is 4. The Morgan fingerprint density at radius 2 is 2.00 bits per heavy atom. The van der Waals surface area contributed by atoms with Crippen molar-refractivity contribution in [3.05, 3.63) is 36.0 Å². The minimum Gasteiger partial charge on any atom is -0.475 e. The van der Waals surface area contributed by atoms with Crippen LogP contribution in [0.5, 0.6) is 0 Å². The van der Waals surface area contributed by atoms with Gasteiger partial charge in [0.05, 0.1) is 25.5 Å². The van der Waals surface area contributed by atoms with Gasteiger partial charge in [-0.15, -0.1) is 5.10 Å².